The molecule has 1 aromatic carbocycles. The molecule has 0 aliphatic rings. The summed E-state index contributed by atoms with van der Waals surface area (Å²) in [6.07, 6.45) is 2.14. The lowest BCUT2D eigenvalue weighted by atomic mass is 10.3. The highest BCUT2D eigenvalue weighted by atomic mass is 35.5. The van der Waals surface area contributed by atoms with E-state index in [1.165, 1.54) is 0 Å². The fraction of sp³-hybridized carbons (Fsp3) is 0.231. The fourth-order valence-electron chi connectivity index (χ4n) is 1.54. The number of carboxylic acids is 1. The number of hydrogen-bond acceptors (Lipinski definition) is 3. The molecule has 0 aliphatic heterocycles. The predicted octanol–water partition coefficient (Wildman–Crippen LogP) is 2.77. The first-order chi connectivity index (χ1) is 9.16. The lowest BCUT2D eigenvalue weighted by Gasteiger charge is -2.02. The molecule has 0 bridgehead atoms. The highest BCUT2D eigenvalue weighted by Gasteiger charge is 2.09. The number of nitrogens with zero attached hydrogens (tertiary/aromatic N) is 2. The molecule has 1 aromatic heterocycles. The van der Waals surface area contributed by atoms with E-state index in [0.717, 1.165) is 5.69 Å². The zero-order chi connectivity index (χ0) is 13.7. The number of aliphatic carboxylic acids is 1. The van der Waals surface area contributed by atoms with Crippen LogP contribution >= 0.6 is 11.6 Å². The minimum absolute atomic E-state index is 0.0665. The second-order valence-electron chi connectivity index (χ2n) is 3.91. The topological polar surface area (TPSA) is 64.3 Å². The minimum Gasteiger partial charge on any atom is -0.481 e. The summed E-state index contributed by atoms with van der Waals surface area (Å²) in [6, 6.07) is 9.52. The van der Waals surface area contributed by atoms with Crippen LogP contribution in [0.15, 0.2) is 36.5 Å². The van der Waals surface area contributed by atoms with Crippen LogP contribution < -0.4 is 4.74 Å². The molecule has 2 aromatic rings. The molecule has 0 saturated carbocycles. The van der Waals surface area contributed by atoms with Crippen LogP contribution in [0.1, 0.15) is 12.8 Å². The molecule has 0 unspecified atom stereocenters. The Kier molecular flexibility index (Phi) is 4.41. The lowest BCUT2D eigenvalue weighted by molar-refractivity contribution is -0.137. The SMILES string of the molecule is O=C(O)CCCOc1nn(-c2ccccc2)cc1Cl. The second-order valence-corrected chi connectivity index (χ2v) is 4.32. The number of rotatable bonds is 6. The Morgan fingerprint density at radius 2 is 2.11 bits per heavy atom. The van der Waals surface area contributed by atoms with Crippen molar-refractivity contribution < 1.29 is 14.6 Å². The summed E-state index contributed by atoms with van der Waals surface area (Å²) in [5.74, 6) is -0.527. The first-order valence-electron chi connectivity index (χ1n) is 5.82. The van der Waals surface area contributed by atoms with Crippen LogP contribution in [0.4, 0.5) is 0 Å². The van der Waals surface area contributed by atoms with Gasteiger partial charge in [0.1, 0.15) is 5.02 Å². The molecule has 0 fully saturated rings. The number of benzene rings is 1. The van der Waals surface area contributed by atoms with Crippen molar-refractivity contribution in [2.75, 3.05) is 6.61 Å². The molecule has 0 aliphatic carbocycles. The van der Waals surface area contributed by atoms with Crippen molar-refractivity contribution in [3.05, 3.63) is 41.6 Å². The Morgan fingerprint density at radius 1 is 1.37 bits per heavy atom. The third kappa shape index (κ3) is 3.72. The molecule has 0 radical (unpaired) electrons. The first-order valence-corrected chi connectivity index (χ1v) is 6.20. The maximum Gasteiger partial charge on any atom is 0.303 e. The molecular formula is C13H13ClN2O3. The van der Waals surface area contributed by atoms with Gasteiger partial charge in [0.15, 0.2) is 0 Å². The van der Waals surface area contributed by atoms with Crippen LogP contribution in [0.25, 0.3) is 5.69 Å². The average Bonchev–Trinajstić information content (AvgIpc) is 2.77. The quantitative estimate of drug-likeness (QED) is 0.827. The number of aromatic nitrogens is 2. The van der Waals surface area contributed by atoms with E-state index in [9.17, 15) is 4.79 Å². The van der Waals surface area contributed by atoms with E-state index in [4.69, 9.17) is 21.4 Å². The molecule has 5 nitrogen and oxygen atoms in total. The van der Waals surface area contributed by atoms with Gasteiger partial charge < -0.3 is 9.84 Å². The van der Waals surface area contributed by atoms with Gasteiger partial charge in [0.2, 0.25) is 0 Å². The summed E-state index contributed by atoms with van der Waals surface area (Å²) in [6.45, 7) is 0.276. The second kappa shape index (κ2) is 6.24. The van der Waals surface area contributed by atoms with Crippen LogP contribution in [0.3, 0.4) is 0 Å². The van der Waals surface area contributed by atoms with E-state index in [1.54, 1.807) is 10.9 Å². The molecule has 19 heavy (non-hydrogen) atoms. The zero-order valence-corrected chi connectivity index (χ0v) is 10.9. The van der Waals surface area contributed by atoms with E-state index in [0.29, 0.717) is 17.3 Å². The van der Waals surface area contributed by atoms with Gasteiger partial charge in [-0.3, -0.25) is 4.79 Å². The largest absolute Gasteiger partial charge is 0.481 e. The van der Waals surface area contributed by atoms with Crippen molar-refractivity contribution >= 4 is 17.6 Å². The Hall–Kier alpha value is -2.01. The molecule has 2 rings (SSSR count). The van der Waals surface area contributed by atoms with E-state index in [-0.39, 0.29) is 13.0 Å². The molecule has 0 saturated heterocycles. The molecule has 6 heteroatoms. The van der Waals surface area contributed by atoms with E-state index in [1.807, 2.05) is 30.3 Å². The summed E-state index contributed by atoms with van der Waals surface area (Å²) in [5.41, 5.74) is 0.879. The molecular weight excluding hydrogens is 268 g/mol. The fourth-order valence-corrected chi connectivity index (χ4v) is 1.72. The predicted molar refractivity (Wildman–Crippen MR) is 70.9 cm³/mol. The van der Waals surface area contributed by atoms with Crippen LogP contribution in [0.5, 0.6) is 5.88 Å². The standard InChI is InChI=1S/C13H13ClN2O3/c14-11-9-16(10-5-2-1-3-6-10)15-13(11)19-8-4-7-12(17)18/h1-3,5-6,9H,4,7-8H2,(H,17,18). The molecule has 0 atom stereocenters. The van der Waals surface area contributed by atoms with Gasteiger partial charge in [-0.25, -0.2) is 4.68 Å². The Bertz CT molecular complexity index is 554. The number of carbonyl (C=O) groups is 1. The van der Waals surface area contributed by atoms with Gasteiger partial charge in [-0.1, -0.05) is 29.8 Å². The first kappa shape index (κ1) is 13.4. The van der Waals surface area contributed by atoms with Gasteiger partial charge >= 0.3 is 5.97 Å². The molecule has 0 spiro atoms. The number of hydrogen-bond donors (Lipinski definition) is 1. The van der Waals surface area contributed by atoms with Crippen molar-refractivity contribution in [3.8, 4) is 11.6 Å². The van der Waals surface area contributed by atoms with Crippen molar-refractivity contribution in [1.82, 2.24) is 9.78 Å². The number of halogens is 1. The third-order valence-corrected chi connectivity index (χ3v) is 2.69. The van der Waals surface area contributed by atoms with Crippen molar-refractivity contribution in [2.24, 2.45) is 0 Å². The maximum absolute atomic E-state index is 10.4. The summed E-state index contributed by atoms with van der Waals surface area (Å²) in [7, 11) is 0. The monoisotopic (exact) mass is 280 g/mol. The Morgan fingerprint density at radius 3 is 2.79 bits per heavy atom. The van der Waals surface area contributed by atoms with Gasteiger partial charge in [0.25, 0.3) is 5.88 Å². The van der Waals surface area contributed by atoms with E-state index >= 15 is 0 Å². The van der Waals surface area contributed by atoms with Gasteiger partial charge in [0, 0.05) is 6.42 Å². The maximum atomic E-state index is 10.4. The number of para-hydroxylation sites is 1. The molecule has 1 N–H and O–H groups in total. The van der Waals surface area contributed by atoms with Gasteiger partial charge in [-0.2, -0.15) is 0 Å². The summed E-state index contributed by atoms with van der Waals surface area (Å²) < 4.78 is 6.98. The highest BCUT2D eigenvalue weighted by molar-refractivity contribution is 6.31. The molecule has 0 amide bonds. The van der Waals surface area contributed by atoms with Crippen LogP contribution in [0.2, 0.25) is 5.02 Å². The van der Waals surface area contributed by atoms with Crippen molar-refractivity contribution in [3.63, 3.8) is 0 Å². The smallest absolute Gasteiger partial charge is 0.303 e. The molecule has 1 heterocycles. The van der Waals surface area contributed by atoms with Gasteiger partial charge in [0.05, 0.1) is 18.5 Å². The normalized spacial score (nSPS) is 10.4. The molecule has 100 valence electrons. The summed E-state index contributed by atoms with van der Waals surface area (Å²) in [5, 5.41) is 13.1. The Balaban J connectivity index is 1.99. The highest BCUT2D eigenvalue weighted by Crippen LogP contribution is 2.24. The Labute approximate surface area is 115 Å². The van der Waals surface area contributed by atoms with Crippen LogP contribution in [0, 0.1) is 0 Å². The van der Waals surface area contributed by atoms with Gasteiger partial charge in [-0.15, -0.1) is 5.10 Å². The van der Waals surface area contributed by atoms with E-state index < -0.39 is 5.97 Å². The van der Waals surface area contributed by atoms with Crippen molar-refractivity contribution in [2.45, 2.75) is 12.8 Å². The minimum atomic E-state index is -0.843. The number of carboxylic acid groups (broad SMARTS) is 1. The lowest BCUT2D eigenvalue weighted by Crippen LogP contribution is -2.03. The third-order valence-electron chi connectivity index (χ3n) is 2.43. The zero-order valence-electron chi connectivity index (χ0n) is 10.1. The summed E-state index contributed by atoms with van der Waals surface area (Å²) >= 11 is 6.01. The van der Waals surface area contributed by atoms with Crippen molar-refractivity contribution in [1.29, 1.82) is 0 Å². The van der Waals surface area contributed by atoms with E-state index in [2.05, 4.69) is 5.10 Å². The van der Waals surface area contributed by atoms with Crippen LogP contribution in [-0.4, -0.2) is 27.5 Å². The average molecular weight is 281 g/mol. The van der Waals surface area contributed by atoms with Crippen LogP contribution in [-0.2, 0) is 4.79 Å². The van der Waals surface area contributed by atoms with Gasteiger partial charge in [-0.05, 0) is 18.6 Å². The number of ether oxygens (including phenoxy) is 1. The summed E-state index contributed by atoms with van der Waals surface area (Å²) in [4.78, 5) is 10.4.